The highest BCUT2D eigenvalue weighted by molar-refractivity contribution is 5.36. The summed E-state index contributed by atoms with van der Waals surface area (Å²) in [6.45, 7) is 4.69. The first kappa shape index (κ1) is 12.4. The van der Waals surface area contributed by atoms with Gasteiger partial charge >= 0.3 is 0 Å². The van der Waals surface area contributed by atoms with Crippen LogP contribution in [0.2, 0.25) is 0 Å². The summed E-state index contributed by atoms with van der Waals surface area (Å²) in [6, 6.07) is 0. The van der Waals surface area contributed by atoms with E-state index in [1.165, 1.54) is 0 Å². The molecule has 1 aromatic rings. The number of aromatic nitrogens is 3. The number of nitrogens with zero attached hydrogens (tertiary/aromatic N) is 3. The maximum atomic E-state index is 5.42. The van der Waals surface area contributed by atoms with Crippen molar-refractivity contribution in [3.8, 4) is 0 Å². The summed E-state index contributed by atoms with van der Waals surface area (Å²) in [5.41, 5.74) is 10.8. The molecule has 1 aromatic heterocycles. The van der Waals surface area contributed by atoms with Gasteiger partial charge in [0, 0.05) is 13.2 Å². The Morgan fingerprint density at radius 1 is 1.06 bits per heavy atom. The number of nitrogens with one attached hydrogen (secondary N) is 1. The monoisotopic (exact) mass is 228 g/mol. The van der Waals surface area contributed by atoms with E-state index in [1.807, 2.05) is 13.8 Å². The molecular weight excluding hydrogens is 212 g/mol. The zero-order valence-electron chi connectivity index (χ0n) is 9.30. The van der Waals surface area contributed by atoms with Crippen LogP contribution in [0, 0.1) is 0 Å². The van der Waals surface area contributed by atoms with Crippen molar-refractivity contribution >= 4 is 17.8 Å². The molecule has 0 amide bonds. The molecule has 0 radical (unpaired) electrons. The molecule has 0 spiro atoms. The van der Waals surface area contributed by atoms with Gasteiger partial charge < -0.3 is 26.3 Å². The van der Waals surface area contributed by atoms with E-state index in [9.17, 15) is 0 Å². The van der Waals surface area contributed by atoms with Crippen molar-refractivity contribution in [3.05, 3.63) is 0 Å². The van der Waals surface area contributed by atoms with Gasteiger partial charge in [-0.15, -0.1) is 0 Å². The van der Waals surface area contributed by atoms with Gasteiger partial charge in [-0.05, 0) is 13.8 Å². The average molecular weight is 228 g/mol. The molecule has 0 aliphatic carbocycles. The normalized spacial score (nSPS) is 10.7. The lowest BCUT2D eigenvalue weighted by molar-refractivity contribution is -0.117. The Morgan fingerprint density at radius 2 is 1.56 bits per heavy atom. The van der Waals surface area contributed by atoms with Crippen LogP contribution in [0.15, 0.2) is 0 Å². The highest BCUT2D eigenvalue weighted by Crippen LogP contribution is 2.06. The van der Waals surface area contributed by atoms with Gasteiger partial charge in [0.15, 0.2) is 0 Å². The minimum absolute atomic E-state index is 0.0433. The maximum Gasteiger partial charge on any atom is 0.240 e. The highest BCUT2D eigenvalue weighted by atomic mass is 16.7. The predicted molar refractivity (Wildman–Crippen MR) is 59.3 cm³/mol. The van der Waals surface area contributed by atoms with Crippen LogP contribution in [0.4, 0.5) is 17.8 Å². The lowest BCUT2D eigenvalue weighted by Gasteiger charge is -2.17. The Labute approximate surface area is 93.4 Å². The molecule has 1 rings (SSSR count). The molecule has 0 aromatic carbocycles. The second kappa shape index (κ2) is 6.03. The smallest absolute Gasteiger partial charge is 0.240 e. The van der Waals surface area contributed by atoms with Crippen molar-refractivity contribution in [2.75, 3.05) is 30.0 Å². The Hall–Kier alpha value is -1.67. The van der Waals surface area contributed by atoms with E-state index < -0.39 is 6.41 Å². The number of nitrogen functional groups attached to an aromatic ring is 2. The van der Waals surface area contributed by atoms with Crippen molar-refractivity contribution in [1.82, 2.24) is 15.0 Å². The Bertz CT molecular complexity index is 308. The topological polar surface area (TPSA) is 121 Å². The Balaban J connectivity index is 2.68. The number of hydrogen-bond donors (Lipinski definition) is 3. The number of rotatable bonds is 6. The molecular formula is C8H16N6O2. The summed E-state index contributed by atoms with van der Waals surface area (Å²) in [4.78, 5) is 11.3. The highest BCUT2D eigenvalue weighted by Gasteiger charge is 2.10. The van der Waals surface area contributed by atoms with Crippen molar-refractivity contribution in [2.24, 2.45) is 0 Å². The van der Waals surface area contributed by atoms with E-state index in [0.717, 1.165) is 0 Å². The summed E-state index contributed by atoms with van der Waals surface area (Å²) in [5.74, 6) is 0.306. The van der Waals surface area contributed by atoms with Crippen LogP contribution in [0.1, 0.15) is 13.8 Å². The van der Waals surface area contributed by atoms with E-state index in [0.29, 0.717) is 13.2 Å². The minimum atomic E-state index is -0.629. The van der Waals surface area contributed by atoms with Crippen molar-refractivity contribution in [2.45, 2.75) is 20.3 Å². The Kier molecular flexibility index (Phi) is 4.67. The van der Waals surface area contributed by atoms with E-state index in [4.69, 9.17) is 20.9 Å². The van der Waals surface area contributed by atoms with Crippen molar-refractivity contribution in [3.63, 3.8) is 0 Å². The molecule has 90 valence electrons. The molecule has 8 heteroatoms. The molecule has 1 heterocycles. The fourth-order valence-corrected chi connectivity index (χ4v) is 1.01. The third kappa shape index (κ3) is 3.83. The zero-order valence-corrected chi connectivity index (χ0v) is 9.30. The second-order valence-corrected chi connectivity index (χ2v) is 2.76. The zero-order chi connectivity index (χ0) is 12.0. The van der Waals surface area contributed by atoms with Gasteiger partial charge in [-0.3, -0.25) is 0 Å². The molecule has 0 fully saturated rings. The molecule has 0 unspecified atom stereocenters. The number of hydrogen-bond acceptors (Lipinski definition) is 8. The Morgan fingerprint density at radius 3 is 2.00 bits per heavy atom. The van der Waals surface area contributed by atoms with Gasteiger partial charge in [0.1, 0.15) is 0 Å². The molecule has 0 aliphatic heterocycles. The maximum absolute atomic E-state index is 5.42. The number of ether oxygens (including phenoxy) is 2. The van der Waals surface area contributed by atoms with Crippen LogP contribution in [-0.4, -0.2) is 34.6 Å². The average Bonchev–Trinajstić information content (AvgIpc) is 2.16. The third-order valence-corrected chi connectivity index (χ3v) is 1.55. The van der Waals surface area contributed by atoms with E-state index >= 15 is 0 Å². The summed E-state index contributed by atoms with van der Waals surface area (Å²) < 4.78 is 10.5. The third-order valence-electron chi connectivity index (χ3n) is 1.55. The fraction of sp³-hybridized carbons (Fsp3) is 0.625. The van der Waals surface area contributed by atoms with Crippen LogP contribution in [0.5, 0.6) is 0 Å². The summed E-state index contributed by atoms with van der Waals surface area (Å²) in [7, 11) is 0. The molecule has 0 saturated carbocycles. The van der Waals surface area contributed by atoms with Gasteiger partial charge in [-0.1, -0.05) is 0 Å². The summed E-state index contributed by atoms with van der Waals surface area (Å²) in [6.07, 6.45) is -0.629. The van der Waals surface area contributed by atoms with Gasteiger partial charge in [-0.2, -0.15) is 15.0 Å². The summed E-state index contributed by atoms with van der Waals surface area (Å²) in [5, 5.41) is 2.80. The number of nitrogens with two attached hydrogens (primary N) is 2. The van der Waals surface area contributed by atoms with E-state index in [1.54, 1.807) is 0 Å². The van der Waals surface area contributed by atoms with E-state index in [-0.39, 0.29) is 17.8 Å². The molecule has 5 N–H and O–H groups in total. The molecule has 0 atom stereocenters. The first-order chi connectivity index (χ1) is 7.65. The predicted octanol–water partition coefficient (Wildman–Crippen LogP) is -0.195. The van der Waals surface area contributed by atoms with Gasteiger partial charge in [0.25, 0.3) is 0 Å². The van der Waals surface area contributed by atoms with Crippen LogP contribution >= 0.6 is 0 Å². The number of anilines is 3. The second-order valence-electron chi connectivity index (χ2n) is 2.76. The van der Waals surface area contributed by atoms with Crippen LogP contribution in [0.25, 0.3) is 0 Å². The fourth-order valence-electron chi connectivity index (χ4n) is 1.01. The SMILES string of the molecule is CCOC(Nc1nc(N)nc(N)n1)OCC. The van der Waals surface area contributed by atoms with Gasteiger partial charge in [-0.25, -0.2) is 0 Å². The van der Waals surface area contributed by atoms with Crippen LogP contribution in [0.3, 0.4) is 0 Å². The molecule has 0 aliphatic rings. The van der Waals surface area contributed by atoms with E-state index in [2.05, 4.69) is 20.3 Å². The molecule has 0 bridgehead atoms. The molecule has 0 saturated heterocycles. The quantitative estimate of drug-likeness (QED) is 0.572. The van der Waals surface area contributed by atoms with Gasteiger partial charge in [0.2, 0.25) is 24.3 Å². The summed E-state index contributed by atoms with van der Waals surface area (Å²) >= 11 is 0. The van der Waals surface area contributed by atoms with Crippen molar-refractivity contribution in [1.29, 1.82) is 0 Å². The van der Waals surface area contributed by atoms with Gasteiger partial charge in [0.05, 0.1) is 0 Å². The first-order valence-corrected chi connectivity index (χ1v) is 4.92. The lowest BCUT2D eigenvalue weighted by Crippen LogP contribution is -2.28. The van der Waals surface area contributed by atoms with Crippen LogP contribution in [-0.2, 0) is 9.47 Å². The largest absolute Gasteiger partial charge is 0.368 e. The van der Waals surface area contributed by atoms with Crippen molar-refractivity contribution < 1.29 is 9.47 Å². The first-order valence-electron chi connectivity index (χ1n) is 4.92. The molecule has 8 nitrogen and oxygen atoms in total. The van der Waals surface area contributed by atoms with Crippen LogP contribution < -0.4 is 16.8 Å². The molecule has 16 heavy (non-hydrogen) atoms. The lowest BCUT2D eigenvalue weighted by atomic mass is 10.8. The minimum Gasteiger partial charge on any atom is -0.368 e. The standard InChI is InChI=1S/C8H16N6O2/c1-3-15-8(16-4-2)14-7-12-5(9)11-6(10)13-7/h8H,3-4H2,1-2H3,(H5,9,10,11,12,13,14).